The van der Waals surface area contributed by atoms with Gasteiger partial charge >= 0.3 is 0 Å². The van der Waals surface area contributed by atoms with Crippen molar-refractivity contribution in [2.45, 2.75) is 43.7 Å². The van der Waals surface area contributed by atoms with Crippen molar-refractivity contribution in [3.05, 3.63) is 29.8 Å². The molecule has 1 heterocycles. The first kappa shape index (κ1) is 16.4. The van der Waals surface area contributed by atoms with Gasteiger partial charge in [0, 0.05) is 13.2 Å². The Bertz CT molecular complexity index is 566. The molecule has 0 amide bonds. The third-order valence-electron chi connectivity index (χ3n) is 3.65. The maximum absolute atomic E-state index is 12.7. The molecule has 1 fully saturated rings. The fraction of sp³-hybridized carbons (Fsp3) is 0.600. The van der Waals surface area contributed by atoms with Gasteiger partial charge in [0.05, 0.1) is 17.0 Å². The average Bonchev–Trinajstić information content (AvgIpc) is 2.45. The maximum atomic E-state index is 12.7. The molecule has 21 heavy (non-hydrogen) atoms. The Morgan fingerprint density at radius 3 is 2.76 bits per heavy atom. The van der Waals surface area contributed by atoms with Gasteiger partial charge < -0.3 is 10.1 Å². The molecule has 5 nitrogen and oxygen atoms in total. The number of ether oxygens (including phenoxy) is 1. The van der Waals surface area contributed by atoms with Gasteiger partial charge in [-0.1, -0.05) is 25.1 Å². The van der Waals surface area contributed by atoms with Gasteiger partial charge in [0.2, 0.25) is 10.0 Å². The highest BCUT2D eigenvalue weighted by molar-refractivity contribution is 7.89. The van der Waals surface area contributed by atoms with Crippen LogP contribution in [0.25, 0.3) is 0 Å². The predicted molar refractivity (Wildman–Crippen MR) is 82.6 cm³/mol. The third-order valence-corrected chi connectivity index (χ3v) is 5.39. The molecule has 0 radical (unpaired) electrons. The second-order valence-corrected chi connectivity index (χ2v) is 7.36. The summed E-state index contributed by atoms with van der Waals surface area (Å²) in [7, 11) is -3.55. The SMILES string of the molecule is CCNCc1ccccc1S(=O)(=O)NC1(C)CCCOC1. The van der Waals surface area contributed by atoms with E-state index in [1.54, 1.807) is 12.1 Å². The Kier molecular flexibility index (Phi) is 5.37. The zero-order valence-electron chi connectivity index (χ0n) is 12.7. The van der Waals surface area contributed by atoms with Gasteiger partial charge in [-0.15, -0.1) is 0 Å². The Labute approximate surface area is 127 Å². The quantitative estimate of drug-likeness (QED) is 0.838. The molecular formula is C15H24N2O3S. The summed E-state index contributed by atoms with van der Waals surface area (Å²) in [5.74, 6) is 0. The van der Waals surface area contributed by atoms with Crippen LogP contribution in [0.3, 0.4) is 0 Å². The first-order valence-electron chi connectivity index (χ1n) is 7.37. The Balaban J connectivity index is 2.22. The first-order valence-corrected chi connectivity index (χ1v) is 8.85. The molecule has 1 aromatic carbocycles. The Morgan fingerprint density at radius 1 is 1.33 bits per heavy atom. The van der Waals surface area contributed by atoms with Crippen molar-refractivity contribution >= 4 is 10.0 Å². The fourth-order valence-corrected chi connectivity index (χ4v) is 4.23. The predicted octanol–water partition coefficient (Wildman–Crippen LogP) is 1.64. The molecule has 1 unspecified atom stereocenters. The van der Waals surface area contributed by atoms with Crippen molar-refractivity contribution in [1.82, 2.24) is 10.0 Å². The van der Waals surface area contributed by atoms with E-state index in [4.69, 9.17) is 4.74 Å². The van der Waals surface area contributed by atoms with Crippen LogP contribution in [0, 0.1) is 0 Å². The lowest BCUT2D eigenvalue weighted by atomic mass is 9.97. The van der Waals surface area contributed by atoms with E-state index >= 15 is 0 Å². The molecule has 1 aliphatic heterocycles. The highest BCUT2D eigenvalue weighted by atomic mass is 32.2. The van der Waals surface area contributed by atoms with E-state index in [2.05, 4.69) is 10.0 Å². The van der Waals surface area contributed by atoms with Crippen molar-refractivity contribution in [3.8, 4) is 0 Å². The number of benzene rings is 1. The lowest BCUT2D eigenvalue weighted by molar-refractivity contribution is 0.0386. The highest BCUT2D eigenvalue weighted by Crippen LogP contribution is 2.23. The van der Waals surface area contributed by atoms with Gasteiger partial charge in [0.1, 0.15) is 0 Å². The summed E-state index contributed by atoms with van der Waals surface area (Å²) in [4.78, 5) is 0.345. The largest absolute Gasteiger partial charge is 0.380 e. The highest BCUT2D eigenvalue weighted by Gasteiger charge is 2.33. The molecule has 0 spiro atoms. The summed E-state index contributed by atoms with van der Waals surface area (Å²) in [6, 6.07) is 7.11. The van der Waals surface area contributed by atoms with E-state index in [0.29, 0.717) is 24.7 Å². The molecule has 1 saturated heterocycles. The van der Waals surface area contributed by atoms with Gasteiger partial charge in [0.15, 0.2) is 0 Å². The van der Waals surface area contributed by atoms with E-state index in [1.165, 1.54) is 0 Å². The number of sulfonamides is 1. The van der Waals surface area contributed by atoms with Crippen molar-refractivity contribution in [2.24, 2.45) is 0 Å². The van der Waals surface area contributed by atoms with Gasteiger partial charge in [-0.3, -0.25) is 0 Å². The molecule has 1 aliphatic rings. The molecule has 118 valence electrons. The number of nitrogens with one attached hydrogen (secondary N) is 2. The van der Waals surface area contributed by atoms with Crippen LogP contribution in [0.2, 0.25) is 0 Å². The second kappa shape index (κ2) is 6.87. The van der Waals surface area contributed by atoms with Crippen molar-refractivity contribution in [3.63, 3.8) is 0 Å². The Hall–Kier alpha value is -0.950. The molecule has 0 aromatic heterocycles. The summed E-state index contributed by atoms with van der Waals surface area (Å²) in [5.41, 5.74) is 0.259. The van der Waals surface area contributed by atoms with Crippen molar-refractivity contribution in [1.29, 1.82) is 0 Å². The van der Waals surface area contributed by atoms with E-state index in [1.807, 2.05) is 26.0 Å². The lowest BCUT2D eigenvalue weighted by Crippen LogP contribution is -2.51. The number of hydrogen-bond donors (Lipinski definition) is 2. The summed E-state index contributed by atoms with van der Waals surface area (Å²) >= 11 is 0. The van der Waals surface area contributed by atoms with E-state index in [-0.39, 0.29) is 0 Å². The summed E-state index contributed by atoms with van der Waals surface area (Å²) in [6.07, 6.45) is 1.67. The number of rotatable bonds is 6. The molecule has 0 aliphatic carbocycles. The van der Waals surface area contributed by atoms with Crippen molar-refractivity contribution in [2.75, 3.05) is 19.8 Å². The normalized spacial score (nSPS) is 23.1. The van der Waals surface area contributed by atoms with Crippen LogP contribution in [0.1, 0.15) is 32.3 Å². The van der Waals surface area contributed by atoms with E-state index in [9.17, 15) is 8.42 Å². The second-order valence-electron chi connectivity index (χ2n) is 5.71. The molecule has 1 atom stereocenters. The molecular weight excluding hydrogens is 288 g/mol. The van der Waals surface area contributed by atoms with E-state index < -0.39 is 15.6 Å². The third kappa shape index (κ3) is 4.26. The topological polar surface area (TPSA) is 67.4 Å². The van der Waals surface area contributed by atoms with Gasteiger partial charge in [-0.05, 0) is 37.9 Å². The molecule has 2 rings (SSSR count). The van der Waals surface area contributed by atoms with Crippen LogP contribution in [0.15, 0.2) is 29.2 Å². The molecule has 2 N–H and O–H groups in total. The molecule has 1 aromatic rings. The summed E-state index contributed by atoms with van der Waals surface area (Å²) < 4.78 is 33.6. The first-order chi connectivity index (χ1) is 9.97. The van der Waals surface area contributed by atoms with Crippen LogP contribution in [-0.2, 0) is 21.3 Å². The minimum absolute atomic E-state index is 0.345. The Morgan fingerprint density at radius 2 is 2.10 bits per heavy atom. The summed E-state index contributed by atoms with van der Waals surface area (Å²) in [5, 5.41) is 3.17. The molecule has 6 heteroatoms. The monoisotopic (exact) mass is 312 g/mol. The van der Waals surface area contributed by atoms with Crippen LogP contribution in [-0.4, -0.2) is 33.7 Å². The van der Waals surface area contributed by atoms with Gasteiger partial charge in [0.25, 0.3) is 0 Å². The maximum Gasteiger partial charge on any atom is 0.241 e. The average molecular weight is 312 g/mol. The minimum Gasteiger partial charge on any atom is -0.380 e. The molecule has 0 saturated carbocycles. The molecule has 0 bridgehead atoms. The van der Waals surface area contributed by atoms with Crippen LogP contribution < -0.4 is 10.0 Å². The van der Waals surface area contributed by atoms with E-state index in [0.717, 1.165) is 24.9 Å². The zero-order chi connectivity index (χ0) is 15.3. The van der Waals surface area contributed by atoms with Crippen molar-refractivity contribution < 1.29 is 13.2 Å². The van der Waals surface area contributed by atoms with Crippen LogP contribution >= 0.6 is 0 Å². The zero-order valence-corrected chi connectivity index (χ0v) is 13.5. The lowest BCUT2D eigenvalue weighted by Gasteiger charge is -2.34. The van der Waals surface area contributed by atoms with Crippen LogP contribution in [0.4, 0.5) is 0 Å². The standard InChI is InChI=1S/C15H24N2O3S/c1-3-16-11-13-7-4-5-8-14(13)21(18,19)17-15(2)9-6-10-20-12-15/h4-5,7-8,16-17H,3,6,9-12H2,1-2H3. The smallest absolute Gasteiger partial charge is 0.241 e. The number of hydrogen-bond acceptors (Lipinski definition) is 4. The minimum atomic E-state index is -3.55. The fourth-order valence-electron chi connectivity index (χ4n) is 2.57. The van der Waals surface area contributed by atoms with Crippen LogP contribution in [0.5, 0.6) is 0 Å². The van der Waals surface area contributed by atoms with Gasteiger partial charge in [-0.2, -0.15) is 0 Å². The van der Waals surface area contributed by atoms with Gasteiger partial charge in [-0.25, -0.2) is 13.1 Å². The summed E-state index contributed by atoms with van der Waals surface area (Å²) in [6.45, 7) is 6.36.